The normalized spacial score (nSPS) is 23.3. The van der Waals surface area contributed by atoms with Gasteiger partial charge in [-0.25, -0.2) is 9.36 Å². The van der Waals surface area contributed by atoms with E-state index in [0.717, 1.165) is 0 Å². The molecule has 11 nitrogen and oxygen atoms in total. The van der Waals surface area contributed by atoms with Crippen LogP contribution in [0, 0.1) is 0 Å². The van der Waals surface area contributed by atoms with Crippen molar-refractivity contribution in [1.29, 1.82) is 0 Å². The van der Waals surface area contributed by atoms with Crippen LogP contribution in [0.25, 0.3) is 11.1 Å². The van der Waals surface area contributed by atoms with E-state index in [-0.39, 0.29) is 12.2 Å². The number of anilines is 1. The Morgan fingerprint density at radius 3 is 2.88 bits per heavy atom. The largest absolute Gasteiger partial charge is 0.469 e. The van der Waals surface area contributed by atoms with Crippen molar-refractivity contribution in [3.63, 3.8) is 0 Å². The van der Waals surface area contributed by atoms with Crippen molar-refractivity contribution in [3.8, 4) is 11.1 Å². The van der Waals surface area contributed by atoms with Gasteiger partial charge in [-0.2, -0.15) is 4.98 Å². The molecule has 2 aromatic rings. The SMILES string of the molecule is Nc1nc(=O)n([C@H]2C[C@H](O)[C@@H](COP(=O)(O)O)O2)cc1-c1cccnc1. The second-order valence-corrected chi connectivity index (χ2v) is 6.93. The Labute approximate surface area is 147 Å². The number of aliphatic hydroxyl groups excluding tert-OH is 1. The standard InChI is InChI=1S/C14H17N4O7P/c15-13-9(8-2-1-3-16-5-8)6-18(14(20)17-13)12-4-10(19)11(25-12)7-24-26(21,22)23/h1-3,5-6,10-12,19H,4,7H2,(H2,15,17,20)(H2,21,22,23)/t10-,11+,12+/m0/s1. The molecule has 5 N–H and O–H groups in total. The van der Waals surface area contributed by atoms with Crippen LogP contribution in [0.15, 0.2) is 35.5 Å². The summed E-state index contributed by atoms with van der Waals surface area (Å²) in [5.41, 5.74) is 6.25. The van der Waals surface area contributed by atoms with E-state index in [1.165, 1.54) is 10.8 Å². The van der Waals surface area contributed by atoms with E-state index >= 15 is 0 Å². The molecule has 140 valence electrons. The molecular formula is C14H17N4O7P. The molecule has 0 spiro atoms. The number of phosphoric ester groups is 1. The van der Waals surface area contributed by atoms with Crippen LogP contribution in [0.3, 0.4) is 0 Å². The average Bonchev–Trinajstić information content (AvgIpc) is 2.94. The van der Waals surface area contributed by atoms with Gasteiger partial charge < -0.3 is 25.4 Å². The van der Waals surface area contributed by atoms with Gasteiger partial charge in [0.15, 0.2) is 0 Å². The number of aliphatic hydroxyl groups is 1. The fraction of sp³-hybridized carbons (Fsp3) is 0.357. The number of nitrogens with zero attached hydrogens (tertiary/aromatic N) is 3. The van der Waals surface area contributed by atoms with Gasteiger partial charge in [0, 0.05) is 36.1 Å². The van der Waals surface area contributed by atoms with Crippen molar-refractivity contribution in [2.24, 2.45) is 0 Å². The second-order valence-electron chi connectivity index (χ2n) is 5.69. The van der Waals surface area contributed by atoms with Crippen LogP contribution < -0.4 is 11.4 Å². The quantitative estimate of drug-likeness (QED) is 0.499. The number of hydrogen-bond acceptors (Lipinski definition) is 8. The molecule has 0 radical (unpaired) electrons. The third-order valence-electron chi connectivity index (χ3n) is 3.88. The summed E-state index contributed by atoms with van der Waals surface area (Å²) in [7, 11) is -4.70. The fourth-order valence-corrected chi connectivity index (χ4v) is 2.98. The smallest absolute Gasteiger partial charge is 0.390 e. The molecular weight excluding hydrogens is 367 g/mol. The minimum absolute atomic E-state index is 0.0210. The lowest BCUT2D eigenvalue weighted by Gasteiger charge is -2.17. The van der Waals surface area contributed by atoms with Crippen molar-refractivity contribution >= 4 is 13.6 Å². The van der Waals surface area contributed by atoms with Crippen LogP contribution in [0.2, 0.25) is 0 Å². The van der Waals surface area contributed by atoms with Gasteiger partial charge in [-0.05, 0) is 6.07 Å². The molecule has 3 rings (SSSR count). The van der Waals surface area contributed by atoms with Crippen LogP contribution >= 0.6 is 7.82 Å². The summed E-state index contributed by atoms with van der Waals surface area (Å²) >= 11 is 0. The van der Waals surface area contributed by atoms with Gasteiger partial charge in [0.2, 0.25) is 0 Å². The van der Waals surface area contributed by atoms with Gasteiger partial charge in [0.25, 0.3) is 0 Å². The Morgan fingerprint density at radius 1 is 1.46 bits per heavy atom. The van der Waals surface area contributed by atoms with Gasteiger partial charge >= 0.3 is 13.5 Å². The molecule has 0 bridgehead atoms. The molecule has 2 aromatic heterocycles. The summed E-state index contributed by atoms with van der Waals surface area (Å²) in [4.78, 5) is 37.4. The van der Waals surface area contributed by atoms with E-state index in [1.807, 2.05) is 0 Å². The number of rotatable bonds is 5. The van der Waals surface area contributed by atoms with Gasteiger partial charge in [-0.1, -0.05) is 6.07 Å². The van der Waals surface area contributed by atoms with Crippen molar-refractivity contribution in [3.05, 3.63) is 41.2 Å². The van der Waals surface area contributed by atoms with E-state index in [2.05, 4.69) is 14.5 Å². The summed E-state index contributed by atoms with van der Waals surface area (Å²) < 4.78 is 21.8. The predicted octanol–water partition coefficient (Wildman–Crippen LogP) is -0.355. The lowest BCUT2D eigenvalue weighted by atomic mass is 10.1. The molecule has 0 aromatic carbocycles. The first-order chi connectivity index (χ1) is 12.2. The molecule has 0 amide bonds. The first kappa shape index (κ1) is 18.6. The molecule has 26 heavy (non-hydrogen) atoms. The molecule has 12 heteroatoms. The van der Waals surface area contributed by atoms with Gasteiger partial charge in [-0.15, -0.1) is 0 Å². The fourth-order valence-electron chi connectivity index (χ4n) is 2.64. The highest BCUT2D eigenvalue weighted by molar-refractivity contribution is 7.46. The number of phosphoric acid groups is 1. The highest BCUT2D eigenvalue weighted by atomic mass is 31.2. The topological polar surface area (TPSA) is 170 Å². The number of nitrogens with two attached hydrogens (primary N) is 1. The molecule has 1 saturated heterocycles. The van der Waals surface area contributed by atoms with Crippen molar-refractivity contribution in [2.45, 2.75) is 24.9 Å². The van der Waals surface area contributed by atoms with Crippen molar-refractivity contribution in [2.75, 3.05) is 12.3 Å². The molecule has 3 atom stereocenters. The third kappa shape index (κ3) is 4.15. The summed E-state index contributed by atoms with van der Waals surface area (Å²) in [6.07, 6.45) is 1.66. The van der Waals surface area contributed by atoms with Crippen molar-refractivity contribution in [1.82, 2.24) is 14.5 Å². The second kappa shape index (κ2) is 7.23. The zero-order valence-corrected chi connectivity index (χ0v) is 14.3. The molecule has 0 saturated carbocycles. The third-order valence-corrected chi connectivity index (χ3v) is 4.36. The summed E-state index contributed by atoms with van der Waals surface area (Å²) in [5, 5.41) is 10.0. The van der Waals surface area contributed by atoms with E-state index in [9.17, 15) is 14.5 Å². The highest BCUT2D eigenvalue weighted by Gasteiger charge is 2.37. The van der Waals surface area contributed by atoms with Crippen LogP contribution in [-0.4, -0.2) is 48.2 Å². The maximum Gasteiger partial charge on any atom is 0.469 e. The summed E-state index contributed by atoms with van der Waals surface area (Å²) in [6, 6.07) is 3.45. The molecule has 0 aliphatic carbocycles. The van der Waals surface area contributed by atoms with Gasteiger partial charge in [0.05, 0.1) is 12.7 Å². The monoisotopic (exact) mass is 384 g/mol. The van der Waals surface area contributed by atoms with Crippen LogP contribution in [0.4, 0.5) is 5.82 Å². The van der Waals surface area contributed by atoms with E-state index < -0.39 is 38.6 Å². The minimum atomic E-state index is -4.70. The van der Waals surface area contributed by atoms with E-state index in [4.69, 9.17) is 20.3 Å². The highest BCUT2D eigenvalue weighted by Crippen LogP contribution is 2.38. The number of pyridine rings is 1. The number of hydrogen-bond donors (Lipinski definition) is 4. The number of nitrogen functional groups attached to an aromatic ring is 1. The lowest BCUT2D eigenvalue weighted by molar-refractivity contribution is -0.0449. The molecule has 1 fully saturated rings. The summed E-state index contributed by atoms with van der Waals surface area (Å²) in [6.45, 7) is -0.519. The van der Waals surface area contributed by atoms with E-state index in [1.54, 1.807) is 24.5 Å². The van der Waals surface area contributed by atoms with Gasteiger partial charge in [0.1, 0.15) is 18.1 Å². The summed E-state index contributed by atoms with van der Waals surface area (Å²) in [5.74, 6) is 0.0270. The first-order valence-corrected chi connectivity index (χ1v) is 9.10. The minimum Gasteiger partial charge on any atom is -0.390 e. The van der Waals surface area contributed by atoms with Crippen LogP contribution in [0.1, 0.15) is 12.6 Å². The Morgan fingerprint density at radius 2 is 2.23 bits per heavy atom. The zero-order chi connectivity index (χ0) is 18.9. The molecule has 0 unspecified atom stereocenters. The Balaban J connectivity index is 1.86. The molecule has 3 heterocycles. The first-order valence-electron chi connectivity index (χ1n) is 7.57. The maximum absolute atomic E-state index is 12.2. The predicted molar refractivity (Wildman–Crippen MR) is 88.7 cm³/mol. The van der Waals surface area contributed by atoms with Gasteiger partial charge in [-0.3, -0.25) is 14.1 Å². The Bertz CT molecular complexity index is 885. The van der Waals surface area contributed by atoms with E-state index in [0.29, 0.717) is 11.1 Å². The number of ether oxygens (including phenoxy) is 1. The van der Waals surface area contributed by atoms with Crippen LogP contribution in [0.5, 0.6) is 0 Å². The number of aromatic nitrogens is 3. The van der Waals surface area contributed by atoms with Crippen molar-refractivity contribution < 1.29 is 28.7 Å². The Kier molecular flexibility index (Phi) is 5.19. The molecule has 1 aliphatic rings. The lowest BCUT2D eigenvalue weighted by Crippen LogP contribution is -2.29. The van der Waals surface area contributed by atoms with Crippen LogP contribution in [-0.2, 0) is 13.8 Å². The zero-order valence-electron chi connectivity index (χ0n) is 13.4. The maximum atomic E-state index is 12.2. The Hall–Kier alpha value is -2.14. The molecule has 1 aliphatic heterocycles. The average molecular weight is 384 g/mol.